The highest BCUT2D eigenvalue weighted by atomic mass is 35.5. The maximum Gasteiger partial charge on any atom is 0.226 e. The Bertz CT molecular complexity index is 1270. The SMILES string of the molecule is CC[C@@H](C)N=c1cc(Cl)c(-c2cccc(N)c2)c(CC(=O)NCc2ccc(C(=N)N)cc2)n1O. The molecule has 1 atom stereocenters. The monoisotopic (exact) mass is 480 g/mol. The van der Waals surface area contributed by atoms with E-state index in [0.717, 1.165) is 16.7 Å². The van der Waals surface area contributed by atoms with Crippen LogP contribution in [0.1, 0.15) is 37.1 Å². The van der Waals surface area contributed by atoms with Crippen LogP contribution >= 0.6 is 11.6 Å². The van der Waals surface area contributed by atoms with Crippen molar-refractivity contribution in [3.8, 4) is 11.1 Å². The smallest absolute Gasteiger partial charge is 0.226 e. The lowest BCUT2D eigenvalue weighted by Gasteiger charge is -2.17. The molecule has 0 saturated heterocycles. The number of nitrogens with two attached hydrogens (primary N) is 2. The molecule has 34 heavy (non-hydrogen) atoms. The summed E-state index contributed by atoms with van der Waals surface area (Å²) >= 11 is 6.63. The summed E-state index contributed by atoms with van der Waals surface area (Å²) < 4.78 is 0.928. The fourth-order valence-electron chi connectivity index (χ4n) is 3.42. The van der Waals surface area contributed by atoms with Crippen molar-refractivity contribution in [1.29, 1.82) is 5.41 Å². The van der Waals surface area contributed by atoms with Crippen LogP contribution in [0.4, 0.5) is 5.69 Å². The Labute approximate surface area is 203 Å². The van der Waals surface area contributed by atoms with Gasteiger partial charge in [0, 0.05) is 35.5 Å². The number of nitrogen functional groups attached to an aromatic ring is 2. The lowest BCUT2D eigenvalue weighted by atomic mass is 10.0. The molecule has 0 aliphatic rings. The second kappa shape index (κ2) is 10.9. The molecular formula is C25H29ClN6O2. The summed E-state index contributed by atoms with van der Waals surface area (Å²) in [5.41, 5.74) is 15.2. The standard InChI is InChI=1S/C25H29ClN6O2/c1-3-15(2)31-22-12-20(26)24(18-5-4-6-19(27)11-18)21(32(22)34)13-23(33)30-14-16-7-9-17(10-8-16)25(28)29/h4-12,15,34H,3,13-14,27H2,1-2H3,(H3,28,29)(H,30,33)/t15-/m1/s1. The predicted molar refractivity (Wildman–Crippen MR) is 135 cm³/mol. The molecule has 1 amide bonds. The van der Waals surface area contributed by atoms with E-state index in [1.54, 1.807) is 48.5 Å². The van der Waals surface area contributed by atoms with Gasteiger partial charge in [0.1, 0.15) is 5.84 Å². The molecule has 1 heterocycles. The first-order chi connectivity index (χ1) is 16.2. The topological polar surface area (TPSA) is 143 Å². The van der Waals surface area contributed by atoms with Crippen molar-refractivity contribution in [2.45, 2.75) is 39.3 Å². The van der Waals surface area contributed by atoms with E-state index in [-0.39, 0.29) is 36.2 Å². The number of nitrogens with zero attached hydrogens (tertiary/aromatic N) is 2. The van der Waals surface area contributed by atoms with Crippen LogP contribution in [0.5, 0.6) is 0 Å². The summed E-state index contributed by atoms with van der Waals surface area (Å²) in [7, 11) is 0. The second-order valence-corrected chi connectivity index (χ2v) is 8.47. The van der Waals surface area contributed by atoms with E-state index in [2.05, 4.69) is 10.3 Å². The van der Waals surface area contributed by atoms with Crippen molar-refractivity contribution in [3.05, 3.63) is 81.9 Å². The van der Waals surface area contributed by atoms with Gasteiger partial charge in [-0.15, -0.1) is 0 Å². The normalized spacial score (nSPS) is 12.4. The summed E-state index contributed by atoms with van der Waals surface area (Å²) in [4.78, 5) is 17.4. The van der Waals surface area contributed by atoms with Crippen LogP contribution in [0.3, 0.4) is 0 Å². The van der Waals surface area contributed by atoms with Crippen LogP contribution in [0.15, 0.2) is 59.6 Å². The number of benzene rings is 2. The van der Waals surface area contributed by atoms with Crippen LogP contribution in [0, 0.1) is 5.41 Å². The third-order valence-electron chi connectivity index (χ3n) is 5.46. The fourth-order valence-corrected chi connectivity index (χ4v) is 3.73. The van der Waals surface area contributed by atoms with Crippen molar-refractivity contribution >= 4 is 29.0 Å². The molecule has 0 unspecified atom stereocenters. The Balaban J connectivity index is 1.94. The van der Waals surface area contributed by atoms with E-state index in [0.29, 0.717) is 33.1 Å². The first-order valence-electron chi connectivity index (χ1n) is 10.9. The number of aromatic nitrogens is 1. The van der Waals surface area contributed by atoms with Gasteiger partial charge in [-0.2, -0.15) is 4.73 Å². The maximum absolute atomic E-state index is 12.9. The minimum Gasteiger partial charge on any atom is -0.427 e. The highest BCUT2D eigenvalue weighted by Gasteiger charge is 2.19. The largest absolute Gasteiger partial charge is 0.427 e. The zero-order chi connectivity index (χ0) is 24.8. The molecule has 0 radical (unpaired) electrons. The van der Waals surface area contributed by atoms with Gasteiger partial charge >= 0.3 is 0 Å². The molecule has 0 saturated carbocycles. The summed E-state index contributed by atoms with van der Waals surface area (Å²) in [5, 5.41) is 21.7. The van der Waals surface area contributed by atoms with Crippen LogP contribution < -0.4 is 22.3 Å². The van der Waals surface area contributed by atoms with Gasteiger partial charge in [-0.25, -0.2) is 0 Å². The lowest BCUT2D eigenvalue weighted by molar-refractivity contribution is -0.120. The number of hydrogen-bond donors (Lipinski definition) is 5. The third-order valence-corrected chi connectivity index (χ3v) is 5.76. The molecule has 1 aromatic heterocycles. The van der Waals surface area contributed by atoms with E-state index in [9.17, 15) is 10.0 Å². The van der Waals surface area contributed by atoms with Gasteiger partial charge in [-0.1, -0.05) is 54.9 Å². The Kier molecular flexibility index (Phi) is 7.96. The Hall–Kier alpha value is -3.78. The number of carbonyl (C=O) groups is 1. The highest BCUT2D eigenvalue weighted by molar-refractivity contribution is 6.33. The van der Waals surface area contributed by atoms with Crippen LogP contribution in [-0.4, -0.2) is 27.7 Å². The molecule has 7 N–H and O–H groups in total. The Morgan fingerprint density at radius 2 is 1.94 bits per heavy atom. The van der Waals surface area contributed by atoms with Crippen molar-refractivity contribution < 1.29 is 10.0 Å². The van der Waals surface area contributed by atoms with Gasteiger partial charge in [-0.3, -0.25) is 15.2 Å². The van der Waals surface area contributed by atoms with E-state index in [4.69, 9.17) is 28.5 Å². The number of nitrogens with one attached hydrogen (secondary N) is 2. The van der Waals surface area contributed by atoms with Crippen LogP contribution in [0.2, 0.25) is 5.02 Å². The summed E-state index contributed by atoms with van der Waals surface area (Å²) in [5.74, 6) is -0.322. The number of halogens is 1. The van der Waals surface area contributed by atoms with Gasteiger partial charge in [0.25, 0.3) is 0 Å². The van der Waals surface area contributed by atoms with Gasteiger partial charge in [-0.05, 0) is 36.6 Å². The average Bonchev–Trinajstić information content (AvgIpc) is 2.81. The molecule has 9 heteroatoms. The molecule has 0 fully saturated rings. The first-order valence-corrected chi connectivity index (χ1v) is 11.3. The molecule has 3 aromatic rings. The quantitative estimate of drug-likeness (QED) is 0.145. The zero-order valence-electron chi connectivity index (χ0n) is 19.2. The van der Waals surface area contributed by atoms with Crippen molar-refractivity contribution in [2.24, 2.45) is 10.7 Å². The Morgan fingerprint density at radius 1 is 1.24 bits per heavy atom. The van der Waals surface area contributed by atoms with E-state index in [1.807, 2.05) is 19.9 Å². The number of amides is 1. The molecule has 0 bridgehead atoms. The molecule has 3 rings (SSSR count). The number of carbonyl (C=O) groups excluding carboxylic acids is 1. The van der Waals surface area contributed by atoms with Crippen molar-refractivity contribution in [2.75, 3.05) is 5.73 Å². The van der Waals surface area contributed by atoms with Crippen molar-refractivity contribution in [3.63, 3.8) is 0 Å². The van der Waals surface area contributed by atoms with E-state index < -0.39 is 0 Å². The van der Waals surface area contributed by atoms with E-state index >= 15 is 0 Å². The highest BCUT2D eigenvalue weighted by Crippen LogP contribution is 2.31. The number of anilines is 1. The van der Waals surface area contributed by atoms with Crippen molar-refractivity contribution in [1.82, 2.24) is 10.0 Å². The van der Waals surface area contributed by atoms with Gasteiger partial charge in [0.15, 0.2) is 5.49 Å². The molecule has 0 aliphatic heterocycles. The summed E-state index contributed by atoms with van der Waals surface area (Å²) in [6, 6.07) is 15.7. The second-order valence-electron chi connectivity index (χ2n) is 8.06. The lowest BCUT2D eigenvalue weighted by Crippen LogP contribution is -2.30. The number of pyridine rings is 1. The van der Waals surface area contributed by atoms with Gasteiger partial charge < -0.3 is 22.0 Å². The summed E-state index contributed by atoms with van der Waals surface area (Å²) in [6.45, 7) is 4.21. The molecule has 8 nitrogen and oxygen atoms in total. The fraction of sp³-hybridized carbons (Fsp3) is 0.240. The molecule has 0 aliphatic carbocycles. The summed E-state index contributed by atoms with van der Waals surface area (Å²) in [6.07, 6.45) is 0.655. The van der Waals surface area contributed by atoms with Crippen LogP contribution in [0.25, 0.3) is 11.1 Å². The number of amidine groups is 1. The predicted octanol–water partition coefficient (Wildman–Crippen LogP) is 3.47. The first kappa shape index (κ1) is 24.9. The minimum atomic E-state index is -0.305. The minimum absolute atomic E-state index is 0.0169. The Morgan fingerprint density at radius 3 is 2.56 bits per heavy atom. The number of rotatable bonds is 8. The number of hydrogen-bond acceptors (Lipinski definition) is 5. The van der Waals surface area contributed by atoms with Gasteiger partial charge in [0.05, 0.1) is 17.1 Å². The van der Waals surface area contributed by atoms with E-state index in [1.165, 1.54) is 0 Å². The zero-order valence-corrected chi connectivity index (χ0v) is 19.9. The van der Waals surface area contributed by atoms with Crippen LogP contribution in [-0.2, 0) is 17.8 Å². The maximum atomic E-state index is 12.9. The van der Waals surface area contributed by atoms with Gasteiger partial charge in [0.2, 0.25) is 5.91 Å². The third kappa shape index (κ3) is 5.96. The molecule has 0 spiro atoms. The molecule has 178 valence electrons. The average molecular weight is 481 g/mol. The molecule has 2 aromatic carbocycles. The molecular weight excluding hydrogens is 452 g/mol.